The molecular weight excluding hydrogens is 308 g/mol. The SMILES string of the molecule is Cc1cccc(NC(=O)C(=O)N2CCN(c3ncccn3)CC2)n1. The Morgan fingerprint density at radius 2 is 1.75 bits per heavy atom. The fourth-order valence-corrected chi connectivity index (χ4v) is 2.49. The van der Waals surface area contributed by atoms with E-state index in [4.69, 9.17) is 0 Å². The minimum Gasteiger partial charge on any atom is -0.337 e. The van der Waals surface area contributed by atoms with Gasteiger partial charge in [0.1, 0.15) is 5.82 Å². The summed E-state index contributed by atoms with van der Waals surface area (Å²) in [5.41, 5.74) is 0.775. The maximum atomic E-state index is 12.3. The summed E-state index contributed by atoms with van der Waals surface area (Å²) >= 11 is 0. The van der Waals surface area contributed by atoms with E-state index in [0.29, 0.717) is 37.9 Å². The normalized spacial score (nSPS) is 14.4. The van der Waals surface area contributed by atoms with Crippen LogP contribution in [0.4, 0.5) is 11.8 Å². The molecule has 0 bridgehead atoms. The molecule has 1 N–H and O–H groups in total. The van der Waals surface area contributed by atoms with Crippen molar-refractivity contribution >= 4 is 23.6 Å². The Morgan fingerprint density at radius 3 is 2.42 bits per heavy atom. The molecule has 2 aromatic heterocycles. The molecule has 0 atom stereocenters. The van der Waals surface area contributed by atoms with E-state index in [1.165, 1.54) is 4.90 Å². The van der Waals surface area contributed by atoms with E-state index < -0.39 is 11.8 Å². The number of amides is 2. The number of piperazine rings is 1. The summed E-state index contributed by atoms with van der Waals surface area (Å²) < 4.78 is 0. The first-order valence-corrected chi connectivity index (χ1v) is 7.69. The quantitative estimate of drug-likeness (QED) is 0.807. The van der Waals surface area contributed by atoms with Crippen LogP contribution in [0.2, 0.25) is 0 Å². The molecule has 0 spiro atoms. The fraction of sp³-hybridized carbons (Fsp3) is 0.312. The average Bonchev–Trinajstić information content (AvgIpc) is 2.62. The minimum atomic E-state index is -0.669. The third kappa shape index (κ3) is 3.65. The van der Waals surface area contributed by atoms with Crippen LogP contribution < -0.4 is 10.2 Å². The van der Waals surface area contributed by atoms with Crippen molar-refractivity contribution in [1.82, 2.24) is 19.9 Å². The minimum absolute atomic E-state index is 0.379. The van der Waals surface area contributed by atoms with Crippen molar-refractivity contribution < 1.29 is 9.59 Å². The van der Waals surface area contributed by atoms with Crippen LogP contribution in [-0.4, -0.2) is 57.8 Å². The monoisotopic (exact) mass is 326 g/mol. The van der Waals surface area contributed by atoms with Crippen LogP contribution in [0.3, 0.4) is 0 Å². The highest BCUT2D eigenvalue weighted by Crippen LogP contribution is 2.10. The third-order valence-corrected chi connectivity index (χ3v) is 3.73. The van der Waals surface area contributed by atoms with Crippen molar-refractivity contribution in [3.63, 3.8) is 0 Å². The second-order valence-corrected chi connectivity index (χ2v) is 5.45. The number of carbonyl (C=O) groups is 2. The first-order valence-electron chi connectivity index (χ1n) is 7.69. The molecule has 3 heterocycles. The highest BCUT2D eigenvalue weighted by atomic mass is 16.2. The summed E-state index contributed by atoms with van der Waals surface area (Å²) in [7, 11) is 0. The van der Waals surface area contributed by atoms with Gasteiger partial charge in [-0.05, 0) is 25.1 Å². The van der Waals surface area contributed by atoms with Crippen molar-refractivity contribution in [1.29, 1.82) is 0 Å². The van der Waals surface area contributed by atoms with Crippen molar-refractivity contribution in [2.45, 2.75) is 6.92 Å². The predicted molar refractivity (Wildman–Crippen MR) is 88.4 cm³/mol. The van der Waals surface area contributed by atoms with Crippen LogP contribution in [0.15, 0.2) is 36.7 Å². The van der Waals surface area contributed by atoms with Gasteiger partial charge in [0.25, 0.3) is 0 Å². The molecule has 1 fully saturated rings. The molecule has 1 aliphatic rings. The Labute approximate surface area is 139 Å². The number of aryl methyl sites for hydroxylation is 1. The smallest absolute Gasteiger partial charge is 0.315 e. The van der Waals surface area contributed by atoms with Crippen LogP contribution in [0.5, 0.6) is 0 Å². The zero-order chi connectivity index (χ0) is 16.9. The highest BCUT2D eigenvalue weighted by molar-refractivity contribution is 6.39. The van der Waals surface area contributed by atoms with Crippen molar-refractivity contribution in [2.75, 3.05) is 36.4 Å². The fourth-order valence-electron chi connectivity index (χ4n) is 2.49. The summed E-state index contributed by atoms with van der Waals surface area (Å²) in [5.74, 6) is -0.202. The largest absolute Gasteiger partial charge is 0.337 e. The summed E-state index contributed by atoms with van der Waals surface area (Å²) in [6.07, 6.45) is 3.37. The maximum absolute atomic E-state index is 12.3. The Hall–Kier alpha value is -3.03. The van der Waals surface area contributed by atoms with Gasteiger partial charge < -0.3 is 15.1 Å². The Morgan fingerprint density at radius 1 is 1.04 bits per heavy atom. The van der Waals surface area contributed by atoms with Gasteiger partial charge in [-0.25, -0.2) is 15.0 Å². The second kappa shape index (κ2) is 7.03. The van der Waals surface area contributed by atoms with E-state index in [0.717, 1.165) is 5.69 Å². The van der Waals surface area contributed by atoms with Crippen LogP contribution in [-0.2, 0) is 9.59 Å². The topological polar surface area (TPSA) is 91.3 Å². The first-order chi connectivity index (χ1) is 11.6. The zero-order valence-electron chi connectivity index (χ0n) is 13.3. The standard InChI is InChI=1S/C16H18N6O2/c1-12-4-2-5-13(19-12)20-14(23)15(24)21-8-10-22(11-9-21)16-17-6-3-7-18-16/h2-7H,8-11H2,1H3,(H,19,20,23). The molecule has 8 nitrogen and oxygen atoms in total. The lowest BCUT2D eigenvalue weighted by molar-refractivity contribution is -0.143. The summed E-state index contributed by atoms with van der Waals surface area (Å²) in [4.78, 5) is 40.4. The lowest BCUT2D eigenvalue weighted by atomic mass is 10.3. The van der Waals surface area contributed by atoms with Crippen molar-refractivity contribution in [2.24, 2.45) is 0 Å². The van der Waals surface area contributed by atoms with Gasteiger partial charge >= 0.3 is 11.8 Å². The van der Waals surface area contributed by atoms with Crippen LogP contribution in [0, 0.1) is 6.92 Å². The van der Waals surface area contributed by atoms with Gasteiger partial charge in [0.2, 0.25) is 5.95 Å². The third-order valence-electron chi connectivity index (χ3n) is 3.73. The van der Waals surface area contributed by atoms with Crippen molar-refractivity contribution in [3.8, 4) is 0 Å². The first kappa shape index (κ1) is 15.9. The average molecular weight is 326 g/mol. The van der Waals surface area contributed by atoms with E-state index >= 15 is 0 Å². The molecule has 2 aromatic rings. The Balaban J connectivity index is 1.56. The number of nitrogens with one attached hydrogen (secondary N) is 1. The maximum Gasteiger partial charge on any atom is 0.315 e. The van der Waals surface area contributed by atoms with Gasteiger partial charge in [0.15, 0.2) is 0 Å². The van der Waals surface area contributed by atoms with Gasteiger partial charge in [0.05, 0.1) is 0 Å². The second-order valence-electron chi connectivity index (χ2n) is 5.45. The molecule has 0 aromatic carbocycles. The lowest BCUT2D eigenvalue weighted by Crippen LogP contribution is -2.52. The molecule has 8 heteroatoms. The lowest BCUT2D eigenvalue weighted by Gasteiger charge is -2.34. The molecule has 1 aliphatic heterocycles. The van der Waals surface area contributed by atoms with Gasteiger partial charge in [-0.1, -0.05) is 6.07 Å². The molecule has 0 aliphatic carbocycles. The van der Waals surface area contributed by atoms with Crippen molar-refractivity contribution in [3.05, 3.63) is 42.4 Å². The van der Waals surface area contributed by atoms with Gasteiger partial charge in [-0.3, -0.25) is 9.59 Å². The number of nitrogens with zero attached hydrogens (tertiary/aromatic N) is 5. The van der Waals surface area contributed by atoms with E-state index in [-0.39, 0.29) is 0 Å². The zero-order valence-corrected chi connectivity index (χ0v) is 13.3. The van der Waals surface area contributed by atoms with Crippen LogP contribution >= 0.6 is 0 Å². The van der Waals surface area contributed by atoms with E-state index in [2.05, 4.69) is 20.3 Å². The van der Waals surface area contributed by atoms with E-state index in [1.807, 2.05) is 17.9 Å². The summed E-state index contributed by atoms with van der Waals surface area (Å²) in [6.45, 7) is 3.90. The molecule has 124 valence electrons. The van der Waals surface area contributed by atoms with E-state index in [1.54, 1.807) is 30.6 Å². The highest BCUT2D eigenvalue weighted by Gasteiger charge is 2.27. The van der Waals surface area contributed by atoms with Crippen LogP contribution in [0.25, 0.3) is 0 Å². The number of rotatable bonds is 2. The number of hydrogen-bond acceptors (Lipinski definition) is 6. The van der Waals surface area contributed by atoms with Gasteiger partial charge in [-0.2, -0.15) is 0 Å². The molecular formula is C16H18N6O2. The van der Waals surface area contributed by atoms with Gasteiger partial charge in [0, 0.05) is 44.3 Å². The molecule has 2 amide bonds. The molecule has 24 heavy (non-hydrogen) atoms. The number of anilines is 2. The van der Waals surface area contributed by atoms with E-state index in [9.17, 15) is 9.59 Å². The Bertz CT molecular complexity index is 728. The molecule has 1 saturated heterocycles. The predicted octanol–water partition coefficient (Wildman–Crippen LogP) is 0.467. The summed E-state index contributed by atoms with van der Waals surface area (Å²) in [6, 6.07) is 7.01. The molecule has 0 unspecified atom stereocenters. The number of pyridine rings is 1. The summed E-state index contributed by atoms with van der Waals surface area (Å²) in [5, 5.41) is 2.54. The Kier molecular flexibility index (Phi) is 4.64. The van der Waals surface area contributed by atoms with Crippen LogP contribution in [0.1, 0.15) is 5.69 Å². The molecule has 0 radical (unpaired) electrons. The molecule has 0 saturated carbocycles. The van der Waals surface area contributed by atoms with Gasteiger partial charge in [-0.15, -0.1) is 0 Å². The number of hydrogen-bond donors (Lipinski definition) is 1. The number of aromatic nitrogens is 3. The number of carbonyl (C=O) groups excluding carboxylic acids is 2. The molecule has 3 rings (SSSR count).